The Balaban J connectivity index is 1.82. The molecule has 13 heteroatoms. The Morgan fingerprint density at radius 1 is 0.958 bits per heavy atom. The van der Waals surface area contributed by atoms with Crippen LogP contribution in [-0.4, -0.2) is 77.5 Å². The Hall–Kier alpha value is -4.91. The minimum atomic E-state index is -1.39. The van der Waals surface area contributed by atoms with Gasteiger partial charge in [0.1, 0.15) is 22.9 Å². The number of carbonyl (C=O) groups is 4. The van der Waals surface area contributed by atoms with Crippen LogP contribution in [0.15, 0.2) is 67.1 Å². The van der Waals surface area contributed by atoms with Crippen molar-refractivity contribution >= 4 is 29.7 Å². The number of rotatable bonds is 16. The number of nitrogens with one attached hydrogen (secondary N) is 3. The molecule has 0 aliphatic rings. The van der Waals surface area contributed by atoms with Crippen LogP contribution < -0.4 is 20.7 Å². The van der Waals surface area contributed by atoms with Gasteiger partial charge < -0.3 is 39.5 Å². The van der Waals surface area contributed by atoms with Crippen molar-refractivity contribution in [1.82, 2.24) is 20.2 Å². The van der Waals surface area contributed by atoms with Crippen LogP contribution in [0.5, 0.6) is 5.75 Å². The van der Waals surface area contributed by atoms with E-state index < -0.39 is 47.1 Å². The average molecular weight is 666 g/mol. The number of para-hydroxylation sites is 1. The lowest BCUT2D eigenvalue weighted by Crippen LogP contribution is -2.61. The van der Waals surface area contributed by atoms with Gasteiger partial charge in [-0.25, -0.2) is 14.6 Å². The molecule has 3 rings (SSSR count). The normalized spacial score (nSPS) is 13.7. The van der Waals surface area contributed by atoms with E-state index in [4.69, 9.17) is 18.9 Å². The van der Waals surface area contributed by atoms with Gasteiger partial charge in [-0.1, -0.05) is 55.5 Å². The second-order valence-electron chi connectivity index (χ2n) is 12.2. The predicted octanol–water partition coefficient (Wildman–Crippen LogP) is 4.42. The zero-order chi connectivity index (χ0) is 35.3. The molecule has 2 unspecified atom stereocenters. The maximum Gasteiger partial charge on any atom is 0.408 e. The first kappa shape index (κ1) is 37.5. The fourth-order valence-electron chi connectivity index (χ4n) is 4.65. The molecule has 0 fully saturated rings. The van der Waals surface area contributed by atoms with Gasteiger partial charge in [0.25, 0.3) is 5.91 Å². The standard InChI is InChI=1S/C35H47N5O8/c1-8-35(6,39-33(44)48-34(3,4)5)32(43)37-26(22-46-20-19-24-15-11-10-12-16-24)30(41)38-28-21-40(23-36-28)29(31(42)47-9-2)25-17-13-14-18-27(25)45-7/h10-18,21,23,26,29H,8-9,19-20,22H2,1-7H3,(H,37,43)(H,38,41)(H,39,44)/t26-,29?,35?/m1/s1. The summed E-state index contributed by atoms with van der Waals surface area (Å²) in [6.45, 7) is 10.4. The van der Waals surface area contributed by atoms with Crippen LogP contribution in [0.3, 0.4) is 0 Å². The van der Waals surface area contributed by atoms with Crippen molar-refractivity contribution in [3.8, 4) is 5.75 Å². The molecule has 1 aromatic heterocycles. The quantitative estimate of drug-likeness (QED) is 0.149. The molecule has 13 nitrogen and oxygen atoms in total. The van der Waals surface area contributed by atoms with E-state index in [0.29, 0.717) is 24.3 Å². The number of hydrogen-bond donors (Lipinski definition) is 3. The third-order valence-corrected chi connectivity index (χ3v) is 7.36. The van der Waals surface area contributed by atoms with Crippen molar-refractivity contribution in [1.29, 1.82) is 0 Å². The molecule has 2 aromatic carbocycles. The number of benzene rings is 2. The van der Waals surface area contributed by atoms with Gasteiger partial charge in [-0.05, 0) is 59.1 Å². The molecule has 3 N–H and O–H groups in total. The summed E-state index contributed by atoms with van der Waals surface area (Å²) in [5, 5.41) is 8.07. The van der Waals surface area contributed by atoms with Gasteiger partial charge in [0.2, 0.25) is 5.91 Å². The van der Waals surface area contributed by atoms with Crippen LogP contribution in [0, 0.1) is 0 Å². The summed E-state index contributed by atoms with van der Waals surface area (Å²) in [6.07, 6.45) is 2.93. The summed E-state index contributed by atoms with van der Waals surface area (Å²) in [4.78, 5) is 57.1. The number of methoxy groups -OCH3 is 1. The van der Waals surface area contributed by atoms with Crippen molar-refractivity contribution in [3.05, 3.63) is 78.2 Å². The first-order chi connectivity index (χ1) is 22.8. The molecule has 260 valence electrons. The third-order valence-electron chi connectivity index (χ3n) is 7.36. The predicted molar refractivity (Wildman–Crippen MR) is 180 cm³/mol. The van der Waals surface area contributed by atoms with Gasteiger partial charge >= 0.3 is 12.1 Å². The molecule has 0 saturated carbocycles. The van der Waals surface area contributed by atoms with Gasteiger partial charge in [-0.2, -0.15) is 0 Å². The van der Waals surface area contributed by atoms with Crippen molar-refractivity contribution in [2.75, 3.05) is 32.2 Å². The van der Waals surface area contributed by atoms with E-state index in [1.807, 2.05) is 30.3 Å². The van der Waals surface area contributed by atoms with E-state index in [1.54, 1.807) is 65.8 Å². The molecule has 3 amide bonds. The minimum absolute atomic E-state index is 0.123. The fourth-order valence-corrected chi connectivity index (χ4v) is 4.65. The molecule has 0 aliphatic carbocycles. The minimum Gasteiger partial charge on any atom is -0.496 e. The van der Waals surface area contributed by atoms with Crippen LogP contribution in [-0.2, 0) is 35.0 Å². The number of aromatic nitrogens is 2. The van der Waals surface area contributed by atoms with E-state index in [1.165, 1.54) is 24.2 Å². The highest BCUT2D eigenvalue weighted by Gasteiger charge is 2.37. The summed E-state index contributed by atoms with van der Waals surface area (Å²) in [5.74, 6) is -1.16. The van der Waals surface area contributed by atoms with E-state index >= 15 is 0 Å². The topological polar surface area (TPSA) is 159 Å². The van der Waals surface area contributed by atoms with Crippen LogP contribution in [0.1, 0.15) is 65.1 Å². The number of hydrogen-bond acceptors (Lipinski definition) is 9. The van der Waals surface area contributed by atoms with Crippen LogP contribution in [0.25, 0.3) is 0 Å². The Labute approximate surface area is 281 Å². The highest BCUT2D eigenvalue weighted by molar-refractivity contribution is 5.98. The Morgan fingerprint density at radius 2 is 1.65 bits per heavy atom. The smallest absolute Gasteiger partial charge is 0.408 e. The Morgan fingerprint density at radius 3 is 2.29 bits per heavy atom. The number of ether oxygens (including phenoxy) is 4. The molecule has 0 saturated heterocycles. The lowest BCUT2D eigenvalue weighted by Gasteiger charge is -2.31. The first-order valence-electron chi connectivity index (χ1n) is 15.9. The van der Waals surface area contributed by atoms with E-state index in [2.05, 4.69) is 20.9 Å². The summed E-state index contributed by atoms with van der Waals surface area (Å²) < 4.78 is 23.5. The summed E-state index contributed by atoms with van der Waals surface area (Å²) >= 11 is 0. The Bertz CT molecular complexity index is 1520. The van der Waals surface area contributed by atoms with Crippen molar-refractivity contribution in [2.45, 2.75) is 77.6 Å². The van der Waals surface area contributed by atoms with Gasteiger partial charge in [-0.15, -0.1) is 0 Å². The lowest BCUT2D eigenvalue weighted by molar-refractivity contribution is -0.145. The molecule has 0 radical (unpaired) electrons. The number of anilines is 1. The van der Waals surface area contributed by atoms with E-state index in [9.17, 15) is 19.2 Å². The first-order valence-corrected chi connectivity index (χ1v) is 15.9. The molecule has 0 spiro atoms. The van der Waals surface area contributed by atoms with Crippen LogP contribution in [0.2, 0.25) is 0 Å². The van der Waals surface area contributed by atoms with Crippen molar-refractivity contribution in [3.63, 3.8) is 0 Å². The molecule has 48 heavy (non-hydrogen) atoms. The summed E-state index contributed by atoms with van der Waals surface area (Å²) in [5.41, 5.74) is -0.568. The largest absolute Gasteiger partial charge is 0.496 e. The number of esters is 1. The molecular weight excluding hydrogens is 618 g/mol. The molecule has 0 aliphatic heterocycles. The molecule has 0 bridgehead atoms. The van der Waals surface area contributed by atoms with Crippen LogP contribution >= 0.6 is 0 Å². The Kier molecular flexibility index (Phi) is 13.5. The molecule has 3 aromatic rings. The zero-order valence-electron chi connectivity index (χ0n) is 28.7. The van der Waals surface area contributed by atoms with Gasteiger partial charge in [-0.3, -0.25) is 9.59 Å². The number of alkyl carbamates (subject to hydrolysis) is 1. The van der Waals surface area contributed by atoms with Crippen molar-refractivity contribution < 1.29 is 38.1 Å². The van der Waals surface area contributed by atoms with Gasteiger partial charge in [0.15, 0.2) is 11.9 Å². The zero-order valence-corrected chi connectivity index (χ0v) is 28.7. The molecule has 3 atom stereocenters. The van der Waals surface area contributed by atoms with Gasteiger partial charge in [0.05, 0.1) is 33.3 Å². The highest BCUT2D eigenvalue weighted by atomic mass is 16.6. The third kappa shape index (κ3) is 10.8. The number of carbonyl (C=O) groups excluding carboxylic acids is 4. The van der Waals surface area contributed by atoms with E-state index in [0.717, 1.165) is 5.56 Å². The summed E-state index contributed by atoms with van der Waals surface area (Å²) in [7, 11) is 1.50. The highest BCUT2D eigenvalue weighted by Crippen LogP contribution is 2.29. The number of nitrogens with zero attached hydrogens (tertiary/aromatic N) is 2. The molecule has 1 heterocycles. The SMILES string of the molecule is CCOC(=O)C(c1ccccc1OC)n1cnc(NC(=O)[C@@H](COCCc2ccccc2)NC(=O)C(C)(CC)NC(=O)OC(C)(C)C)c1. The number of amides is 3. The van der Waals surface area contributed by atoms with Gasteiger partial charge in [0, 0.05) is 11.8 Å². The maximum absolute atomic E-state index is 13.6. The molecular formula is C35H47N5O8. The average Bonchev–Trinajstić information content (AvgIpc) is 3.49. The second kappa shape index (κ2) is 17.3. The monoisotopic (exact) mass is 665 g/mol. The second-order valence-corrected chi connectivity index (χ2v) is 12.2. The maximum atomic E-state index is 13.6. The summed E-state index contributed by atoms with van der Waals surface area (Å²) in [6, 6.07) is 14.6. The van der Waals surface area contributed by atoms with Crippen molar-refractivity contribution in [2.24, 2.45) is 0 Å². The van der Waals surface area contributed by atoms with E-state index in [-0.39, 0.29) is 25.5 Å². The van der Waals surface area contributed by atoms with Crippen LogP contribution in [0.4, 0.5) is 10.6 Å². The lowest BCUT2D eigenvalue weighted by atomic mass is 9.97. The fraction of sp³-hybridized carbons (Fsp3) is 0.457. The number of imidazole rings is 1.